The molecule has 2 aliphatic rings. The van der Waals surface area contributed by atoms with Crippen LogP contribution in [-0.2, 0) is 10.0 Å². The van der Waals surface area contributed by atoms with Crippen molar-refractivity contribution in [3.8, 4) is 0 Å². The molecule has 0 radical (unpaired) electrons. The molecule has 1 aliphatic carbocycles. The summed E-state index contributed by atoms with van der Waals surface area (Å²) < 4.78 is 27.5. The summed E-state index contributed by atoms with van der Waals surface area (Å²) in [6.45, 7) is 8.16. The number of nitrogens with zero attached hydrogens (tertiary/aromatic N) is 2. The predicted octanol–water partition coefficient (Wildman–Crippen LogP) is 2.41. The first kappa shape index (κ1) is 16.0. The highest BCUT2D eigenvalue weighted by Gasteiger charge is 2.30. The quantitative estimate of drug-likeness (QED) is 0.855. The van der Waals surface area contributed by atoms with Gasteiger partial charge in [-0.3, -0.25) is 0 Å². The van der Waals surface area contributed by atoms with Crippen molar-refractivity contribution in [2.75, 3.05) is 32.7 Å². The van der Waals surface area contributed by atoms with Gasteiger partial charge in [0.15, 0.2) is 0 Å². The van der Waals surface area contributed by atoms with E-state index in [9.17, 15) is 8.42 Å². The van der Waals surface area contributed by atoms with Gasteiger partial charge in [-0.25, -0.2) is 8.42 Å². The Labute approximate surface area is 134 Å². The van der Waals surface area contributed by atoms with Gasteiger partial charge in [-0.05, 0) is 57.2 Å². The van der Waals surface area contributed by atoms with Gasteiger partial charge in [0.25, 0.3) is 0 Å². The second-order valence-corrected chi connectivity index (χ2v) is 8.68. The first-order valence-electron chi connectivity index (χ1n) is 8.26. The topological polar surface area (TPSA) is 40.6 Å². The fourth-order valence-electron chi connectivity index (χ4n) is 3.26. The molecule has 1 aliphatic heterocycles. The van der Waals surface area contributed by atoms with Crippen molar-refractivity contribution in [2.45, 2.75) is 38.0 Å². The van der Waals surface area contributed by atoms with Crippen LogP contribution in [0.1, 0.15) is 30.4 Å². The number of aryl methyl sites for hydroxylation is 2. The molecule has 1 aromatic carbocycles. The average Bonchev–Trinajstić information content (AvgIpc) is 3.26. The molecule has 0 spiro atoms. The fraction of sp³-hybridized carbons (Fsp3) is 0.647. The summed E-state index contributed by atoms with van der Waals surface area (Å²) in [5, 5.41) is 0. The van der Waals surface area contributed by atoms with Gasteiger partial charge in [-0.1, -0.05) is 17.7 Å². The van der Waals surface area contributed by atoms with Crippen molar-refractivity contribution in [1.82, 2.24) is 9.21 Å². The van der Waals surface area contributed by atoms with Crippen LogP contribution in [0.3, 0.4) is 0 Å². The smallest absolute Gasteiger partial charge is 0.243 e. The van der Waals surface area contributed by atoms with Crippen molar-refractivity contribution in [3.63, 3.8) is 0 Å². The average molecular weight is 322 g/mol. The Morgan fingerprint density at radius 3 is 2.55 bits per heavy atom. The zero-order chi connectivity index (χ0) is 15.7. The maximum Gasteiger partial charge on any atom is 0.243 e. The minimum atomic E-state index is -3.36. The lowest BCUT2D eigenvalue weighted by molar-refractivity contribution is 0.275. The van der Waals surface area contributed by atoms with Crippen LogP contribution < -0.4 is 0 Å². The summed E-state index contributed by atoms with van der Waals surface area (Å²) >= 11 is 0. The summed E-state index contributed by atoms with van der Waals surface area (Å²) in [6, 6.07) is 5.59. The number of sulfonamides is 1. The van der Waals surface area contributed by atoms with E-state index >= 15 is 0 Å². The summed E-state index contributed by atoms with van der Waals surface area (Å²) in [7, 11) is -3.36. The lowest BCUT2D eigenvalue weighted by Gasteiger charge is -2.22. The zero-order valence-corrected chi connectivity index (χ0v) is 14.4. The molecule has 0 bridgehead atoms. The third kappa shape index (κ3) is 3.53. The minimum Gasteiger partial charge on any atom is -0.302 e. The van der Waals surface area contributed by atoms with Crippen LogP contribution in [0.2, 0.25) is 0 Å². The Morgan fingerprint density at radius 2 is 1.86 bits per heavy atom. The van der Waals surface area contributed by atoms with E-state index in [4.69, 9.17) is 0 Å². The molecule has 0 N–H and O–H groups in total. The van der Waals surface area contributed by atoms with Crippen LogP contribution in [0.4, 0.5) is 0 Å². The first-order valence-corrected chi connectivity index (χ1v) is 9.70. The van der Waals surface area contributed by atoms with E-state index in [1.165, 1.54) is 12.8 Å². The second-order valence-electron chi connectivity index (χ2n) is 6.77. The molecule has 3 rings (SSSR count). The molecule has 1 saturated carbocycles. The van der Waals surface area contributed by atoms with Crippen molar-refractivity contribution < 1.29 is 8.42 Å². The van der Waals surface area contributed by atoms with Gasteiger partial charge in [-0.2, -0.15) is 4.31 Å². The Morgan fingerprint density at radius 1 is 1.09 bits per heavy atom. The molecule has 0 aromatic heterocycles. The lowest BCUT2D eigenvalue weighted by atomic mass is 10.2. The molecular formula is C17H26N2O2S. The highest BCUT2D eigenvalue weighted by Crippen LogP contribution is 2.30. The van der Waals surface area contributed by atoms with Gasteiger partial charge >= 0.3 is 0 Å². The van der Waals surface area contributed by atoms with Crippen molar-refractivity contribution in [3.05, 3.63) is 29.3 Å². The molecule has 4 nitrogen and oxygen atoms in total. The van der Waals surface area contributed by atoms with E-state index in [1.54, 1.807) is 10.4 Å². The van der Waals surface area contributed by atoms with Gasteiger partial charge in [0.05, 0.1) is 4.90 Å². The summed E-state index contributed by atoms with van der Waals surface area (Å²) in [6.07, 6.45) is 3.62. The van der Waals surface area contributed by atoms with Crippen molar-refractivity contribution in [1.29, 1.82) is 0 Å². The molecule has 1 aromatic rings. The summed E-state index contributed by atoms with van der Waals surface area (Å²) in [4.78, 5) is 2.91. The van der Waals surface area contributed by atoms with E-state index in [0.717, 1.165) is 43.1 Å². The van der Waals surface area contributed by atoms with Gasteiger partial charge in [0, 0.05) is 26.2 Å². The largest absolute Gasteiger partial charge is 0.302 e. The second kappa shape index (κ2) is 6.30. The highest BCUT2D eigenvalue weighted by molar-refractivity contribution is 7.89. The van der Waals surface area contributed by atoms with E-state index in [0.29, 0.717) is 18.0 Å². The fourth-order valence-corrected chi connectivity index (χ4v) is 4.94. The SMILES string of the molecule is Cc1ccc(S(=O)(=O)N2CCCN(CC3CC3)CC2)c(C)c1. The van der Waals surface area contributed by atoms with Crippen molar-refractivity contribution in [2.24, 2.45) is 5.92 Å². The molecule has 1 heterocycles. The molecule has 122 valence electrons. The summed E-state index contributed by atoms with van der Waals surface area (Å²) in [5.41, 5.74) is 1.95. The highest BCUT2D eigenvalue weighted by atomic mass is 32.2. The predicted molar refractivity (Wildman–Crippen MR) is 88.5 cm³/mol. The van der Waals surface area contributed by atoms with Crippen LogP contribution in [0.5, 0.6) is 0 Å². The lowest BCUT2D eigenvalue weighted by Crippen LogP contribution is -2.36. The Kier molecular flexibility index (Phi) is 4.57. The first-order chi connectivity index (χ1) is 10.5. The van der Waals surface area contributed by atoms with E-state index < -0.39 is 10.0 Å². The number of benzene rings is 1. The molecule has 1 saturated heterocycles. The normalized spacial score (nSPS) is 21.7. The molecule has 0 atom stereocenters. The molecular weight excluding hydrogens is 296 g/mol. The van der Waals surface area contributed by atoms with Crippen LogP contribution in [0.15, 0.2) is 23.1 Å². The van der Waals surface area contributed by atoms with Crippen LogP contribution in [-0.4, -0.2) is 50.3 Å². The van der Waals surface area contributed by atoms with E-state index in [-0.39, 0.29) is 0 Å². The minimum absolute atomic E-state index is 0.466. The maximum absolute atomic E-state index is 12.9. The Balaban J connectivity index is 1.73. The standard InChI is InChI=1S/C17H26N2O2S/c1-14-4-7-17(15(2)12-14)22(20,21)19-9-3-8-18(10-11-19)13-16-5-6-16/h4,7,12,16H,3,5-6,8-11,13H2,1-2H3. The summed E-state index contributed by atoms with van der Waals surface area (Å²) in [5.74, 6) is 0.863. The van der Waals surface area contributed by atoms with Crippen LogP contribution in [0.25, 0.3) is 0 Å². The van der Waals surface area contributed by atoms with Gasteiger partial charge in [-0.15, -0.1) is 0 Å². The molecule has 22 heavy (non-hydrogen) atoms. The monoisotopic (exact) mass is 322 g/mol. The number of rotatable bonds is 4. The van der Waals surface area contributed by atoms with Crippen LogP contribution >= 0.6 is 0 Å². The van der Waals surface area contributed by atoms with Gasteiger partial charge in [0.1, 0.15) is 0 Å². The number of hydrogen-bond donors (Lipinski definition) is 0. The van der Waals surface area contributed by atoms with Gasteiger partial charge in [0.2, 0.25) is 10.0 Å². The third-order valence-corrected chi connectivity index (χ3v) is 6.77. The maximum atomic E-state index is 12.9. The van der Waals surface area contributed by atoms with E-state index in [2.05, 4.69) is 4.90 Å². The molecule has 0 amide bonds. The Bertz CT molecular complexity index is 638. The number of hydrogen-bond acceptors (Lipinski definition) is 3. The van der Waals surface area contributed by atoms with Crippen molar-refractivity contribution >= 4 is 10.0 Å². The molecule has 5 heteroatoms. The molecule has 2 fully saturated rings. The molecule has 0 unspecified atom stereocenters. The van der Waals surface area contributed by atoms with E-state index in [1.807, 2.05) is 26.0 Å². The third-order valence-electron chi connectivity index (χ3n) is 4.71. The Hall–Kier alpha value is -0.910. The van der Waals surface area contributed by atoms with Gasteiger partial charge < -0.3 is 4.90 Å². The zero-order valence-electron chi connectivity index (χ0n) is 13.6. The van der Waals surface area contributed by atoms with Crippen LogP contribution in [0, 0.1) is 19.8 Å².